The average molecular weight is 132 g/mol. The summed E-state index contributed by atoms with van der Waals surface area (Å²) >= 11 is 0. The summed E-state index contributed by atoms with van der Waals surface area (Å²) in [4.78, 5) is 10.4. The number of ether oxygens (including phenoxy) is 1. The van der Waals surface area contributed by atoms with E-state index < -0.39 is 0 Å². The molecule has 0 heterocycles. The minimum atomic E-state index is -0.0700. The first-order valence-electron chi connectivity index (χ1n) is 2.88. The van der Waals surface area contributed by atoms with Crippen LogP contribution in [0, 0.1) is 0 Å². The highest BCUT2D eigenvalue weighted by atomic mass is 28.2. The summed E-state index contributed by atoms with van der Waals surface area (Å²) in [6.45, 7) is 2.18. The number of hydrogen-bond acceptors (Lipinski definition) is 2. The van der Waals surface area contributed by atoms with Gasteiger partial charge in [0.15, 0.2) is 0 Å². The van der Waals surface area contributed by atoms with Gasteiger partial charge >= 0.3 is 5.97 Å². The van der Waals surface area contributed by atoms with E-state index in [0.29, 0.717) is 6.42 Å². The van der Waals surface area contributed by atoms with E-state index >= 15 is 0 Å². The molecule has 0 aliphatic rings. The zero-order valence-corrected chi connectivity index (χ0v) is 6.85. The van der Waals surface area contributed by atoms with Gasteiger partial charge in [0.1, 0.15) is 0 Å². The van der Waals surface area contributed by atoms with Gasteiger partial charge in [-0.2, -0.15) is 0 Å². The van der Waals surface area contributed by atoms with Crippen molar-refractivity contribution in [3.63, 3.8) is 0 Å². The highest BCUT2D eigenvalue weighted by molar-refractivity contribution is 6.33. The standard InChI is InChI=1S/C5H12O2Si/c1-7-5(6)3-4-8-2/h3-4,8H2,1-2H3. The first kappa shape index (κ1) is 7.69. The molecule has 0 amide bonds. The van der Waals surface area contributed by atoms with Gasteiger partial charge in [0.25, 0.3) is 0 Å². The maximum absolute atomic E-state index is 10.4. The van der Waals surface area contributed by atoms with Crippen LogP contribution in [-0.4, -0.2) is 22.6 Å². The molecule has 0 radical (unpaired) electrons. The van der Waals surface area contributed by atoms with Crippen LogP contribution < -0.4 is 0 Å². The van der Waals surface area contributed by atoms with Crippen molar-refractivity contribution >= 4 is 15.5 Å². The second-order valence-corrected chi connectivity index (χ2v) is 3.39. The molecule has 3 heteroatoms. The molecule has 0 aromatic rings. The fraction of sp³-hybridized carbons (Fsp3) is 0.800. The Morgan fingerprint density at radius 2 is 2.38 bits per heavy atom. The van der Waals surface area contributed by atoms with E-state index in [0.717, 1.165) is 6.04 Å². The summed E-state index contributed by atoms with van der Waals surface area (Å²) in [6, 6.07) is 1.08. The third-order valence-corrected chi connectivity index (χ3v) is 2.02. The summed E-state index contributed by atoms with van der Waals surface area (Å²) in [5.74, 6) is -0.0700. The van der Waals surface area contributed by atoms with Crippen molar-refractivity contribution in [1.29, 1.82) is 0 Å². The molecule has 0 bridgehead atoms. The molecule has 0 aromatic carbocycles. The predicted octanol–water partition coefficient (Wildman–Crippen LogP) is 0.185. The molecule has 0 unspecified atom stereocenters. The van der Waals surface area contributed by atoms with Crippen LogP contribution in [0.5, 0.6) is 0 Å². The molecule has 0 atom stereocenters. The minimum absolute atomic E-state index is 0.0610. The summed E-state index contributed by atoms with van der Waals surface area (Å²) in [5, 5.41) is 0. The summed E-state index contributed by atoms with van der Waals surface area (Å²) < 4.78 is 4.44. The van der Waals surface area contributed by atoms with Crippen LogP contribution in [-0.2, 0) is 9.53 Å². The summed E-state index contributed by atoms with van der Waals surface area (Å²) in [5.41, 5.74) is 0. The Morgan fingerprint density at radius 1 is 1.75 bits per heavy atom. The molecule has 0 spiro atoms. The Hall–Kier alpha value is -0.313. The van der Waals surface area contributed by atoms with Crippen molar-refractivity contribution in [3.05, 3.63) is 0 Å². The molecule has 0 aliphatic carbocycles. The Labute approximate surface area is 52.0 Å². The van der Waals surface area contributed by atoms with Crippen molar-refractivity contribution in [2.45, 2.75) is 19.0 Å². The van der Waals surface area contributed by atoms with Crippen molar-refractivity contribution in [2.75, 3.05) is 7.11 Å². The van der Waals surface area contributed by atoms with Gasteiger partial charge < -0.3 is 4.74 Å². The van der Waals surface area contributed by atoms with Crippen molar-refractivity contribution < 1.29 is 9.53 Å². The van der Waals surface area contributed by atoms with Gasteiger partial charge in [-0.3, -0.25) is 4.79 Å². The van der Waals surface area contributed by atoms with E-state index in [1.54, 1.807) is 0 Å². The SMILES string of the molecule is COC(=O)CC[SiH2]C. The number of hydrogen-bond donors (Lipinski definition) is 0. The second-order valence-electron chi connectivity index (χ2n) is 1.68. The van der Waals surface area contributed by atoms with Crippen molar-refractivity contribution in [1.82, 2.24) is 0 Å². The molecule has 0 fully saturated rings. The first-order valence-corrected chi connectivity index (χ1v) is 5.29. The molecular formula is C5H12O2Si. The Balaban J connectivity index is 2.99. The van der Waals surface area contributed by atoms with Crippen LogP contribution in [0.4, 0.5) is 0 Å². The largest absolute Gasteiger partial charge is 0.469 e. The monoisotopic (exact) mass is 132 g/mol. The van der Waals surface area contributed by atoms with Crippen LogP contribution in [0.3, 0.4) is 0 Å². The average Bonchev–Trinajstić information content (AvgIpc) is 1.83. The Bertz CT molecular complexity index is 72.8. The zero-order valence-electron chi connectivity index (χ0n) is 5.44. The molecule has 0 aromatic heterocycles. The number of carbonyl (C=O) groups excluding carboxylic acids is 1. The van der Waals surface area contributed by atoms with Crippen LogP contribution >= 0.6 is 0 Å². The molecule has 0 rings (SSSR count). The van der Waals surface area contributed by atoms with E-state index in [-0.39, 0.29) is 15.5 Å². The molecule has 2 nitrogen and oxygen atoms in total. The Kier molecular flexibility index (Phi) is 4.65. The fourth-order valence-electron chi connectivity index (χ4n) is 0.423. The van der Waals surface area contributed by atoms with Crippen LogP contribution in [0.25, 0.3) is 0 Å². The smallest absolute Gasteiger partial charge is 0.305 e. The van der Waals surface area contributed by atoms with E-state index in [1.165, 1.54) is 7.11 Å². The van der Waals surface area contributed by atoms with Crippen molar-refractivity contribution in [2.24, 2.45) is 0 Å². The first-order chi connectivity index (χ1) is 3.81. The molecule has 8 heavy (non-hydrogen) atoms. The minimum Gasteiger partial charge on any atom is -0.469 e. The third-order valence-electron chi connectivity index (χ3n) is 0.962. The lowest BCUT2D eigenvalue weighted by molar-refractivity contribution is -0.140. The van der Waals surface area contributed by atoms with Crippen molar-refractivity contribution in [3.8, 4) is 0 Å². The molecule has 0 saturated carbocycles. The molecular weight excluding hydrogens is 120 g/mol. The fourth-order valence-corrected chi connectivity index (χ4v) is 1.07. The predicted molar refractivity (Wildman–Crippen MR) is 35.8 cm³/mol. The maximum Gasteiger partial charge on any atom is 0.305 e. The third kappa shape index (κ3) is 3.86. The van der Waals surface area contributed by atoms with Crippen LogP contribution in [0.1, 0.15) is 6.42 Å². The molecule has 48 valence electrons. The Morgan fingerprint density at radius 3 is 2.75 bits per heavy atom. The van der Waals surface area contributed by atoms with E-state index in [2.05, 4.69) is 11.3 Å². The van der Waals surface area contributed by atoms with Gasteiger partial charge in [-0.05, 0) is 0 Å². The normalized spacial score (nSPS) is 10.2. The van der Waals surface area contributed by atoms with E-state index in [1.807, 2.05) is 0 Å². The summed E-state index contributed by atoms with van der Waals surface area (Å²) in [6.07, 6.45) is 0.624. The molecule has 0 N–H and O–H groups in total. The topological polar surface area (TPSA) is 26.3 Å². The quantitative estimate of drug-likeness (QED) is 0.404. The number of methoxy groups -OCH3 is 1. The van der Waals surface area contributed by atoms with Gasteiger partial charge in [0.05, 0.1) is 7.11 Å². The van der Waals surface area contributed by atoms with Gasteiger partial charge in [0.2, 0.25) is 0 Å². The van der Waals surface area contributed by atoms with Crippen LogP contribution in [0.15, 0.2) is 0 Å². The highest BCUT2D eigenvalue weighted by Crippen LogP contribution is 1.89. The van der Waals surface area contributed by atoms with Gasteiger partial charge in [0, 0.05) is 15.9 Å². The van der Waals surface area contributed by atoms with Crippen LogP contribution in [0.2, 0.25) is 12.6 Å². The zero-order chi connectivity index (χ0) is 6.41. The van der Waals surface area contributed by atoms with E-state index in [9.17, 15) is 4.79 Å². The maximum atomic E-state index is 10.4. The number of rotatable bonds is 3. The van der Waals surface area contributed by atoms with Gasteiger partial charge in [-0.1, -0.05) is 12.6 Å². The molecule has 0 saturated heterocycles. The lowest BCUT2D eigenvalue weighted by atomic mass is 10.5. The van der Waals surface area contributed by atoms with E-state index in [4.69, 9.17) is 0 Å². The lowest BCUT2D eigenvalue weighted by Crippen LogP contribution is -1.99. The lowest BCUT2D eigenvalue weighted by Gasteiger charge is -1.93. The van der Waals surface area contributed by atoms with Gasteiger partial charge in [-0.25, -0.2) is 0 Å². The van der Waals surface area contributed by atoms with Gasteiger partial charge in [-0.15, -0.1) is 0 Å². The highest BCUT2D eigenvalue weighted by Gasteiger charge is 1.95. The number of esters is 1. The summed E-state index contributed by atoms with van der Waals surface area (Å²) in [7, 11) is 1.49. The molecule has 0 aliphatic heterocycles. The number of carbonyl (C=O) groups is 1. The second kappa shape index (κ2) is 4.84.